The number of anilines is 1. The number of nitrogens with zero attached hydrogens (tertiary/aromatic N) is 1. The summed E-state index contributed by atoms with van der Waals surface area (Å²) in [6.45, 7) is 0. The maximum absolute atomic E-state index is 11.1. The molecule has 0 unspecified atom stereocenters. The third-order valence-corrected chi connectivity index (χ3v) is 2.77. The molecule has 6 nitrogen and oxygen atoms in total. The smallest absolute Gasteiger partial charge is 0.240 e. The summed E-state index contributed by atoms with van der Waals surface area (Å²) >= 11 is 0. The fourth-order valence-electron chi connectivity index (χ4n) is 1.81. The van der Waals surface area contributed by atoms with E-state index in [2.05, 4.69) is 10.5 Å². The van der Waals surface area contributed by atoms with Crippen molar-refractivity contribution in [3.05, 3.63) is 17.7 Å². The van der Waals surface area contributed by atoms with Gasteiger partial charge in [0.15, 0.2) is 11.5 Å². The van der Waals surface area contributed by atoms with E-state index >= 15 is 0 Å². The zero-order valence-corrected chi connectivity index (χ0v) is 10.3. The number of ether oxygens (including phenoxy) is 2. The Kier molecular flexibility index (Phi) is 3.36. The minimum Gasteiger partial charge on any atom is -0.493 e. The van der Waals surface area contributed by atoms with Gasteiger partial charge in [-0.1, -0.05) is 0 Å². The van der Waals surface area contributed by atoms with Crippen molar-refractivity contribution >= 4 is 17.3 Å². The van der Waals surface area contributed by atoms with Crippen LogP contribution in [-0.4, -0.2) is 25.8 Å². The number of nitrogens with one attached hydrogen (secondary N) is 1. The van der Waals surface area contributed by atoms with E-state index in [1.165, 1.54) is 0 Å². The second-order valence-corrected chi connectivity index (χ2v) is 3.89. The molecule has 0 fully saturated rings. The van der Waals surface area contributed by atoms with Crippen LogP contribution in [0.3, 0.4) is 0 Å². The Bertz CT molecular complexity index is 512. The van der Waals surface area contributed by atoms with E-state index in [1.807, 2.05) is 0 Å². The molecule has 1 amide bonds. The highest BCUT2D eigenvalue weighted by Crippen LogP contribution is 2.33. The van der Waals surface area contributed by atoms with Crippen LogP contribution in [0.25, 0.3) is 0 Å². The molecule has 0 aromatic heterocycles. The Hall–Kier alpha value is -2.24. The molecular weight excluding hydrogens is 234 g/mol. The van der Waals surface area contributed by atoms with Crippen molar-refractivity contribution in [2.24, 2.45) is 5.10 Å². The first kappa shape index (κ1) is 12.2. The standard InChI is InChI=1S/C12H15N3O3/c1-17-10-5-7(8(13)6-11(10)18-2)9-3-4-12(16)15-14-9/h5-6H,3-4,13H2,1-2H3,(H,15,16). The summed E-state index contributed by atoms with van der Waals surface area (Å²) in [6.07, 6.45) is 0.970. The topological polar surface area (TPSA) is 85.9 Å². The monoisotopic (exact) mass is 249 g/mol. The molecule has 3 N–H and O–H groups in total. The minimum atomic E-state index is -0.0854. The Morgan fingerprint density at radius 3 is 2.44 bits per heavy atom. The molecule has 1 aliphatic heterocycles. The number of nitrogen functional groups attached to an aromatic ring is 1. The summed E-state index contributed by atoms with van der Waals surface area (Å²) in [7, 11) is 3.11. The first-order valence-electron chi connectivity index (χ1n) is 5.53. The van der Waals surface area contributed by atoms with Gasteiger partial charge >= 0.3 is 0 Å². The minimum absolute atomic E-state index is 0.0854. The van der Waals surface area contributed by atoms with Gasteiger partial charge in [0.05, 0.1) is 19.9 Å². The lowest BCUT2D eigenvalue weighted by Gasteiger charge is -2.16. The number of rotatable bonds is 3. The summed E-state index contributed by atoms with van der Waals surface area (Å²) in [5, 5.41) is 4.01. The number of hydrogen-bond acceptors (Lipinski definition) is 5. The molecule has 0 bridgehead atoms. The molecule has 6 heteroatoms. The van der Waals surface area contributed by atoms with Gasteiger partial charge in [-0.05, 0) is 6.07 Å². The average molecular weight is 249 g/mol. The van der Waals surface area contributed by atoms with Crippen molar-refractivity contribution in [1.29, 1.82) is 0 Å². The van der Waals surface area contributed by atoms with E-state index in [-0.39, 0.29) is 5.91 Å². The van der Waals surface area contributed by atoms with Crippen LogP contribution < -0.4 is 20.6 Å². The van der Waals surface area contributed by atoms with Crippen LogP contribution >= 0.6 is 0 Å². The van der Waals surface area contributed by atoms with Gasteiger partial charge < -0.3 is 15.2 Å². The van der Waals surface area contributed by atoms with Crippen LogP contribution in [0.2, 0.25) is 0 Å². The number of benzene rings is 1. The molecule has 1 aromatic rings. The third-order valence-electron chi connectivity index (χ3n) is 2.77. The zero-order chi connectivity index (χ0) is 13.1. The molecule has 1 aliphatic rings. The maximum Gasteiger partial charge on any atom is 0.240 e. The summed E-state index contributed by atoms with van der Waals surface area (Å²) < 4.78 is 10.4. The third kappa shape index (κ3) is 2.22. The van der Waals surface area contributed by atoms with Crippen molar-refractivity contribution in [1.82, 2.24) is 5.43 Å². The molecule has 18 heavy (non-hydrogen) atoms. The van der Waals surface area contributed by atoms with Crippen molar-refractivity contribution < 1.29 is 14.3 Å². The van der Waals surface area contributed by atoms with Crippen LogP contribution in [0.15, 0.2) is 17.2 Å². The molecule has 1 heterocycles. The maximum atomic E-state index is 11.1. The van der Waals surface area contributed by atoms with Gasteiger partial charge in [-0.25, -0.2) is 5.43 Å². The number of amides is 1. The normalized spacial score (nSPS) is 14.8. The van der Waals surface area contributed by atoms with Crippen LogP contribution in [0, 0.1) is 0 Å². The van der Waals surface area contributed by atoms with Gasteiger partial charge in [-0.3, -0.25) is 4.79 Å². The lowest BCUT2D eigenvalue weighted by Crippen LogP contribution is -2.26. The number of carbonyl (C=O) groups excluding carboxylic acids is 1. The molecular formula is C12H15N3O3. The summed E-state index contributed by atoms with van der Waals surface area (Å²) in [5.41, 5.74) is 10.4. The van der Waals surface area contributed by atoms with E-state index in [4.69, 9.17) is 15.2 Å². The molecule has 0 saturated carbocycles. The number of carbonyl (C=O) groups is 1. The Balaban J connectivity index is 2.42. The van der Waals surface area contributed by atoms with Gasteiger partial charge in [0.25, 0.3) is 0 Å². The zero-order valence-electron chi connectivity index (χ0n) is 10.3. The number of nitrogens with two attached hydrogens (primary N) is 1. The summed E-state index contributed by atoms with van der Waals surface area (Å²) in [6, 6.07) is 3.46. The Morgan fingerprint density at radius 1 is 1.22 bits per heavy atom. The van der Waals surface area contributed by atoms with Gasteiger partial charge in [-0.15, -0.1) is 0 Å². The number of hydrogen-bond donors (Lipinski definition) is 2. The predicted octanol–water partition coefficient (Wildman–Crippen LogP) is 0.900. The molecule has 1 aromatic carbocycles. The summed E-state index contributed by atoms with van der Waals surface area (Å²) in [4.78, 5) is 11.1. The molecule has 0 radical (unpaired) electrons. The van der Waals surface area contributed by atoms with E-state index in [1.54, 1.807) is 26.4 Å². The number of hydrazone groups is 1. The van der Waals surface area contributed by atoms with E-state index in [0.717, 1.165) is 11.3 Å². The molecule has 0 spiro atoms. The van der Waals surface area contributed by atoms with Crippen molar-refractivity contribution in [3.63, 3.8) is 0 Å². The first-order valence-corrected chi connectivity index (χ1v) is 5.53. The van der Waals surface area contributed by atoms with Gasteiger partial charge in [-0.2, -0.15) is 5.10 Å². The highest BCUT2D eigenvalue weighted by atomic mass is 16.5. The highest BCUT2D eigenvalue weighted by Gasteiger charge is 2.18. The molecule has 96 valence electrons. The first-order chi connectivity index (χ1) is 8.65. The van der Waals surface area contributed by atoms with E-state index in [0.29, 0.717) is 30.0 Å². The van der Waals surface area contributed by atoms with Crippen LogP contribution in [-0.2, 0) is 4.79 Å². The van der Waals surface area contributed by atoms with Gasteiger partial charge in [0.1, 0.15) is 0 Å². The summed E-state index contributed by atoms with van der Waals surface area (Å²) in [5.74, 6) is 1.07. The largest absolute Gasteiger partial charge is 0.493 e. The van der Waals surface area contributed by atoms with Crippen LogP contribution in [0.4, 0.5) is 5.69 Å². The Morgan fingerprint density at radius 2 is 1.89 bits per heavy atom. The van der Waals surface area contributed by atoms with Gasteiger partial charge in [0, 0.05) is 30.2 Å². The second kappa shape index (κ2) is 4.95. The predicted molar refractivity (Wildman–Crippen MR) is 67.9 cm³/mol. The quantitative estimate of drug-likeness (QED) is 0.779. The molecule has 0 atom stereocenters. The Labute approximate surface area is 105 Å². The lowest BCUT2D eigenvalue weighted by atomic mass is 10.0. The van der Waals surface area contributed by atoms with Crippen molar-refractivity contribution in [2.45, 2.75) is 12.8 Å². The highest BCUT2D eigenvalue weighted by molar-refractivity contribution is 6.08. The number of methoxy groups -OCH3 is 2. The van der Waals surface area contributed by atoms with E-state index in [9.17, 15) is 4.79 Å². The SMILES string of the molecule is COc1cc(N)c(C2=NNC(=O)CC2)cc1OC. The van der Waals surface area contributed by atoms with Crippen LogP contribution in [0.1, 0.15) is 18.4 Å². The lowest BCUT2D eigenvalue weighted by molar-refractivity contribution is -0.121. The molecule has 2 rings (SSSR count). The van der Waals surface area contributed by atoms with Crippen molar-refractivity contribution in [3.8, 4) is 11.5 Å². The van der Waals surface area contributed by atoms with Crippen molar-refractivity contribution in [2.75, 3.05) is 20.0 Å². The average Bonchev–Trinajstić information content (AvgIpc) is 2.39. The molecule has 0 aliphatic carbocycles. The molecule has 0 saturated heterocycles. The van der Waals surface area contributed by atoms with Crippen LogP contribution in [0.5, 0.6) is 11.5 Å². The van der Waals surface area contributed by atoms with E-state index < -0.39 is 0 Å². The van der Waals surface area contributed by atoms with Gasteiger partial charge in [0.2, 0.25) is 5.91 Å². The second-order valence-electron chi connectivity index (χ2n) is 3.89. The fraction of sp³-hybridized carbons (Fsp3) is 0.333. The fourth-order valence-corrected chi connectivity index (χ4v) is 1.81.